The summed E-state index contributed by atoms with van der Waals surface area (Å²) in [6.07, 6.45) is 0. The lowest BCUT2D eigenvalue weighted by molar-refractivity contribution is 1.31. The van der Waals surface area contributed by atoms with Crippen molar-refractivity contribution in [3.63, 3.8) is 0 Å². The van der Waals surface area contributed by atoms with Gasteiger partial charge in [0, 0.05) is 14.3 Å². The molecule has 0 aliphatic carbocycles. The summed E-state index contributed by atoms with van der Waals surface area (Å²) < 4.78 is 1.02. The normalized spacial score (nSPS) is 9.08. The fourth-order valence-electron chi connectivity index (χ4n) is 0.768. The van der Waals surface area contributed by atoms with Gasteiger partial charge in [0.05, 0.1) is 6.07 Å². The maximum Gasteiger partial charge on any atom is 0.103 e. The molecule has 0 fully saturated rings. The van der Waals surface area contributed by atoms with Crippen LogP contribution < -0.4 is 5.32 Å². The lowest BCUT2D eigenvalue weighted by Crippen LogP contribution is -1.99. The summed E-state index contributed by atoms with van der Waals surface area (Å²) >= 11 is 7.92. The topological polar surface area (TPSA) is 35.8 Å². The van der Waals surface area contributed by atoms with Crippen LogP contribution in [0.15, 0.2) is 18.2 Å². The first-order valence-electron chi connectivity index (χ1n) is 3.30. The van der Waals surface area contributed by atoms with Gasteiger partial charge >= 0.3 is 0 Å². The van der Waals surface area contributed by atoms with Crippen molar-refractivity contribution in [2.45, 2.75) is 0 Å². The molecule has 1 rings (SSSR count). The van der Waals surface area contributed by atoms with Gasteiger partial charge in [0.15, 0.2) is 0 Å². The van der Waals surface area contributed by atoms with Crippen molar-refractivity contribution in [1.29, 1.82) is 5.26 Å². The third-order valence-electron chi connectivity index (χ3n) is 1.29. The van der Waals surface area contributed by atoms with E-state index in [9.17, 15) is 0 Å². The molecule has 1 N–H and O–H groups in total. The van der Waals surface area contributed by atoms with E-state index < -0.39 is 0 Å². The minimum atomic E-state index is 0.317. The van der Waals surface area contributed by atoms with Crippen LogP contribution in [-0.4, -0.2) is 6.54 Å². The summed E-state index contributed by atoms with van der Waals surface area (Å²) in [5, 5.41) is 12.0. The first kappa shape index (κ1) is 9.62. The number of nitrogens with zero attached hydrogens (tertiary/aromatic N) is 1. The van der Waals surface area contributed by atoms with Gasteiger partial charge in [0.1, 0.15) is 6.54 Å². The number of nitrogens with one attached hydrogen (secondary N) is 1. The van der Waals surface area contributed by atoms with Gasteiger partial charge in [-0.1, -0.05) is 11.6 Å². The molecule has 12 heavy (non-hydrogen) atoms. The van der Waals surface area contributed by atoms with Gasteiger partial charge in [-0.05, 0) is 40.8 Å². The molecule has 0 heterocycles. The zero-order valence-corrected chi connectivity index (χ0v) is 9.06. The molecule has 62 valence electrons. The van der Waals surface area contributed by atoms with E-state index in [2.05, 4.69) is 27.9 Å². The summed E-state index contributed by atoms with van der Waals surface area (Å²) in [6, 6.07) is 7.52. The Morgan fingerprint density at radius 3 is 2.92 bits per heavy atom. The predicted molar refractivity (Wildman–Crippen MR) is 58.3 cm³/mol. The molecule has 0 bridgehead atoms. The quantitative estimate of drug-likeness (QED) is 0.672. The van der Waals surface area contributed by atoms with E-state index in [1.54, 1.807) is 6.07 Å². The van der Waals surface area contributed by atoms with E-state index in [1.807, 2.05) is 18.2 Å². The highest BCUT2D eigenvalue weighted by Gasteiger charge is 1.98. The smallest absolute Gasteiger partial charge is 0.103 e. The molecule has 0 spiro atoms. The average molecular weight is 293 g/mol. The summed E-state index contributed by atoms with van der Waals surface area (Å²) in [4.78, 5) is 0. The van der Waals surface area contributed by atoms with Crippen molar-refractivity contribution in [2.24, 2.45) is 0 Å². The Bertz CT molecular complexity index is 319. The van der Waals surface area contributed by atoms with Gasteiger partial charge in [0.2, 0.25) is 0 Å². The Morgan fingerprint density at radius 2 is 2.33 bits per heavy atom. The number of hydrogen-bond donors (Lipinski definition) is 1. The molecule has 0 saturated heterocycles. The Balaban J connectivity index is 2.81. The average Bonchev–Trinajstić information content (AvgIpc) is 2.03. The van der Waals surface area contributed by atoms with Crippen molar-refractivity contribution in [3.8, 4) is 6.07 Å². The number of hydrogen-bond acceptors (Lipinski definition) is 2. The third-order valence-corrected chi connectivity index (χ3v) is 2.42. The van der Waals surface area contributed by atoms with E-state index in [0.717, 1.165) is 9.26 Å². The lowest BCUT2D eigenvalue weighted by Gasteiger charge is -2.04. The maximum absolute atomic E-state index is 8.33. The van der Waals surface area contributed by atoms with E-state index in [4.69, 9.17) is 16.9 Å². The highest BCUT2D eigenvalue weighted by Crippen LogP contribution is 2.21. The fraction of sp³-hybridized carbons (Fsp3) is 0.125. The van der Waals surface area contributed by atoms with Crippen molar-refractivity contribution in [1.82, 2.24) is 0 Å². The second-order valence-corrected chi connectivity index (χ2v) is 3.73. The van der Waals surface area contributed by atoms with Gasteiger partial charge in [-0.2, -0.15) is 5.26 Å². The zero-order chi connectivity index (χ0) is 8.97. The SMILES string of the molecule is N#CCNc1ccc(Cl)cc1I. The molecule has 0 atom stereocenters. The Hall–Kier alpha value is -0.470. The first-order valence-corrected chi connectivity index (χ1v) is 4.75. The highest BCUT2D eigenvalue weighted by molar-refractivity contribution is 14.1. The first-order chi connectivity index (χ1) is 5.74. The van der Waals surface area contributed by atoms with Gasteiger partial charge in [-0.15, -0.1) is 0 Å². The van der Waals surface area contributed by atoms with Crippen molar-refractivity contribution in [2.75, 3.05) is 11.9 Å². The van der Waals surface area contributed by atoms with Crippen molar-refractivity contribution in [3.05, 3.63) is 26.8 Å². The second kappa shape index (κ2) is 4.53. The molecule has 0 unspecified atom stereocenters. The summed E-state index contributed by atoms with van der Waals surface area (Å²) in [5.41, 5.74) is 0.946. The van der Waals surface area contributed by atoms with Crippen molar-refractivity contribution >= 4 is 39.9 Å². The van der Waals surface area contributed by atoms with Crippen LogP contribution >= 0.6 is 34.2 Å². The summed E-state index contributed by atoms with van der Waals surface area (Å²) in [5.74, 6) is 0. The zero-order valence-electron chi connectivity index (χ0n) is 6.14. The van der Waals surface area contributed by atoms with Crippen molar-refractivity contribution < 1.29 is 0 Å². The van der Waals surface area contributed by atoms with Crippen LogP contribution in [-0.2, 0) is 0 Å². The maximum atomic E-state index is 8.33. The minimum Gasteiger partial charge on any atom is -0.371 e. The molecule has 1 aromatic rings. The Morgan fingerprint density at radius 1 is 1.58 bits per heavy atom. The molecular weight excluding hydrogens is 286 g/mol. The van der Waals surface area contributed by atoms with E-state index in [0.29, 0.717) is 11.6 Å². The number of halogens is 2. The fourth-order valence-corrected chi connectivity index (χ4v) is 1.83. The van der Waals surface area contributed by atoms with Gasteiger partial charge in [-0.25, -0.2) is 0 Å². The largest absolute Gasteiger partial charge is 0.371 e. The van der Waals surface area contributed by atoms with Crippen LogP contribution in [0.4, 0.5) is 5.69 Å². The van der Waals surface area contributed by atoms with Crippen LogP contribution in [0.25, 0.3) is 0 Å². The van der Waals surface area contributed by atoms with Crippen LogP contribution in [0.3, 0.4) is 0 Å². The van der Waals surface area contributed by atoms with Gasteiger partial charge < -0.3 is 5.32 Å². The molecule has 0 saturated carbocycles. The minimum absolute atomic E-state index is 0.317. The molecular formula is C8H6ClIN2. The van der Waals surface area contributed by atoms with Crippen LogP contribution in [0.5, 0.6) is 0 Å². The van der Waals surface area contributed by atoms with Crippen LogP contribution in [0, 0.1) is 14.9 Å². The Kier molecular flexibility index (Phi) is 3.63. The molecule has 0 aliphatic rings. The third kappa shape index (κ3) is 2.54. The van der Waals surface area contributed by atoms with E-state index in [-0.39, 0.29) is 0 Å². The molecule has 4 heteroatoms. The van der Waals surface area contributed by atoms with E-state index in [1.165, 1.54) is 0 Å². The monoisotopic (exact) mass is 292 g/mol. The molecule has 0 aliphatic heterocycles. The molecule has 0 amide bonds. The van der Waals surface area contributed by atoms with E-state index >= 15 is 0 Å². The number of nitriles is 1. The molecule has 0 radical (unpaired) electrons. The number of rotatable bonds is 2. The molecule has 0 aromatic heterocycles. The second-order valence-electron chi connectivity index (χ2n) is 2.14. The molecule has 1 aromatic carbocycles. The highest BCUT2D eigenvalue weighted by atomic mass is 127. The van der Waals surface area contributed by atoms with Gasteiger partial charge in [0.25, 0.3) is 0 Å². The molecule has 2 nitrogen and oxygen atoms in total. The lowest BCUT2D eigenvalue weighted by atomic mass is 10.3. The predicted octanol–water partition coefficient (Wildman–Crippen LogP) is 2.88. The summed E-state index contributed by atoms with van der Waals surface area (Å²) in [7, 11) is 0. The number of anilines is 1. The van der Waals surface area contributed by atoms with Crippen LogP contribution in [0.1, 0.15) is 0 Å². The number of benzene rings is 1. The van der Waals surface area contributed by atoms with Crippen LogP contribution in [0.2, 0.25) is 5.02 Å². The standard InChI is InChI=1S/C8H6ClIN2/c9-6-1-2-8(7(10)5-6)12-4-3-11/h1-2,5,12H,4H2. The Labute approximate surface area is 89.7 Å². The van der Waals surface area contributed by atoms with Gasteiger partial charge in [-0.3, -0.25) is 0 Å². The summed E-state index contributed by atoms with van der Waals surface area (Å²) in [6.45, 7) is 0.317.